The Morgan fingerprint density at radius 3 is 2.20 bits per heavy atom. The zero-order chi connectivity index (χ0) is 48.2. The molecule has 0 radical (unpaired) electrons. The lowest BCUT2D eigenvalue weighted by atomic mass is 10.0. The van der Waals surface area contributed by atoms with Crippen molar-refractivity contribution in [2.24, 2.45) is 0 Å². The van der Waals surface area contributed by atoms with Crippen LogP contribution in [0.4, 0.5) is 11.5 Å². The number of nitrogens with zero attached hydrogens (tertiary/aromatic N) is 8. The fraction of sp³-hybridized carbons (Fsp3) is 0.500. The van der Waals surface area contributed by atoms with Crippen LogP contribution in [0.25, 0.3) is 22.3 Å². The van der Waals surface area contributed by atoms with Crippen LogP contribution in [0.3, 0.4) is 0 Å². The number of fused-ring (bicyclic) bond motifs is 2. The van der Waals surface area contributed by atoms with Gasteiger partial charge in [0.15, 0.2) is 5.65 Å². The van der Waals surface area contributed by atoms with Crippen LogP contribution in [0.2, 0.25) is 0 Å². The number of nitrogens with one attached hydrogen (secondary N) is 2. The van der Waals surface area contributed by atoms with E-state index in [0.717, 1.165) is 111 Å². The molecule has 0 aliphatic carbocycles. The minimum atomic E-state index is -0.595. The van der Waals surface area contributed by atoms with Gasteiger partial charge in [-0.25, -0.2) is 14.6 Å². The molecule has 0 bridgehead atoms. The number of ether oxygens (including phenoxy) is 1. The number of hydrogen-bond acceptors (Lipinski definition) is 12. The van der Waals surface area contributed by atoms with Crippen LogP contribution in [-0.4, -0.2) is 128 Å². The van der Waals surface area contributed by atoms with Crippen LogP contribution in [0.5, 0.6) is 11.5 Å². The number of piperidine rings is 2. The molecule has 0 saturated carbocycles. The van der Waals surface area contributed by atoms with E-state index in [1.165, 1.54) is 64.2 Å². The molecule has 4 aliphatic heterocycles. The summed E-state index contributed by atoms with van der Waals surface area (Å²) >= 11 is 0. The van der Waals surface area contributed by atoms with Gasteiger partial charge in [-0.05, 0) is 100 Å². The summed E-state index contributed by atoms with van der Waals surface area (Å²) in [6.45, 7) is 9.06. The highest BCUT2D eigenvalue weighted by molar-refractivity contribution is 6.06. The molecule has 2 unspecified atom stereocenters. The molecule has 4 N–H and O–H groups in total. The molecule has 2 aromatic heterocycles. The Labute approximate surface area is 411 Å². The molecule has 370 valence electrons. The molecule has 5 aromatic rings. The number of carbonyl (C=O) groups excluding carboxylic acids is 4. The fourth-order valence-electron chi connectivity index (χ4n) is 10.7. The second kappa shape index (κ2) is 23.5. The number of anilines is 2. The quantitative estimate of drug-likeness (QED) is 0.0453. The number of unbranched alkanes of at least 4 members (excludes halogenated alkanes) is 8. The maximum atomic E-state index is 13.6. The number of para-hydroxylation sites is 1. The number of piperazine rings is 1. The van der Waals surface area contributed by atoms with Crippen molar-refractivity contribution in [2.75, 3.05) is 70.0 Å². The van der Waals surface area contributed by atoms with Crippen molar-refractivity contribution in [3.63, 3.8) is 0 Å². The van der Waals surface area contributed by atoms with Crippen molar-refractivity contribution in [1.82, 2.24) is 44.7 Å². The van der Waals surface area contributed by atoms with E-state index in [-0.39, 0.29) is 36.1 Å². The topological polar surface area (TPSA) is 184 Å². The second-order valence-corrected chi connectivity index (χ2v) is 19.5. The lowest BCUT2D eigenvalue weighted by Crippen LogP contribution is -2.52. The van der Waals surface area contributed by atoms with Gasteiger partial charge in [0.25, 0.3) is 5.91 Å². The highest BCUT2D eigenvalue weighted by Gasteiger charge is 2.40. The van der Waals surface area contributed by atoms with Gasteiger partial charge in [0.2, 0.25) is 17.7 Å². The Hall–Kier alpha value is -6.39. The number of carbonyl (C=O) groups is 4. The largest absolute Gasteiger partial charge is 0.457 e. The summed E-state index contributed by atoms with van der Waals surface area (Å²) < 4.78 is 7.98. The van der Waals surface area contributed by atoms with E-state index < -0.39 is 6.04 Å². The highest BCUT2D eigenvalue weighted by atomic mass is 16.5. The summed E-state index contributed by atoms with van der Waals surface area (Å²) in [5, 5.41) is 11.7. The number of likely N-dealkylation sites (tertiary alicyclic amines) is 1. The van der Waals surface area contributed by atoms with Crippen LogP contribution in [0.15, 0.2) is 79.1 Å². The number of nitrogen functional groups attached to an aromatic ring is 1. The summed E-state index contributed by atoms with van der Waals surface area (Å²) in [6.07, 6.45) is 16.5. The molecule has 9 rings (SSSR count). The van der Waals surface area contributed by atoms with Gasteiger partial charge in [-0.2, -0.15) is 5.10 Å². The van der Waals surface area contributed by atoms with Gasteiger partial charge in [0, 0.05) is 87.6 Å². The average molecular weight is 952 g/mol. The fourth-order valence-corrected chi connectivity index (χ4v) is 10.7. The van der Waals surface area contributed by atoms with Gasteiger partial charge in [-0.1, -0.05) is 69.2 Å². The first kappa shape index (κ1) is 48.6. The third-order valence-corrected chi connectivity index (χ3v) is 14.6. The lowest BCUT2D eigenvalue weighted by molar-refractivity contribution is -0.137. The van der Waals surface area contributed by atoms with Crippen LogP contribution in [0.1, 0.15) is 118 Å². The minimum Gasteiger partial charge on any atom is -0.457 e. The number of hydrogen-bond donors (Lipinski definition) is 3. The molecule has 3 fully saturated rings. The Morgan fingerprint density at radius 1 is 0.757 bits per heavy atom. The van der Waals surface area contributed by atoms with Crippen molar-refractivity contribution >= 4 is 46.2 Å². The third kappa shape index (κ3) is 12.0. The van der Waals surface area contributed by atoms with Gasteiger partial charge in [0.1, 0.15) is 35.4 Å². The monoisotopic (exact) mass is 952 g/mol. The molecule has 70 heavy (non-hydrogen) atoms. The summed E-state index contributed by atoms with van der Waals surface area (Å²) in [6, 6.07) is 22.7. The maximum Gasteiger partial charge on any atom is 0.255 e. The third-order valence-electron chi connectivity index (χ3n) is 14.6. The highest BCUT2D eigenvalue weighted by Crippen LogP contribution is 2.36. The number of nitrogens with two attached hydrogens (primary N) is 1. The molecular formula is C54H69N11O5. The van der Waals surface area contributed by atoms with E-state index in [1.807, 2.05) is 82.4 Å². The van der Waals surface area contributed by atoms with E-state index >= 15 is 0 Å². The Balaban J connectivity index is 0.612. The normalized spacial score (nSPS) is 18.9. The summed E-state index contributed by atoms with van der Waals surface area (Å²) in [7, 11) is 0. The Morgan fingerprint density at radius 2 is 1.46 bits per heavy atom. The standard InChI is InChI=1S/C54H69N11O5/c55-51-49-50(39-22-24-42(25-23-39)70-41-17-9-8-10-18-41)60-65(52(49)58-38-57-51)40-16-14-31-63(36-40)48(67)21-15-30-62-34-32-61(33-35-62)29-12-7-5-3-1-2-4-6-11-28-56-45-20-13-19-43-44(45)37-64(54(43)69)46-26-27-47(66)59-53(46)68/h8-10,13,17-20,22-25,38,40,46,56H,1-7,11-12,14-16,21,26-37H2,(H2,55,57,58)(H,59,66,68). The number of amides is 4. The van der Waals surface area contributed by atoms with E-state index in [1.54, 1.807) is 4.90 Å². The van der Waals surface area contributed by atoms with Crippen LogP contribution >= 0.6 is 0 Å². The maximum absolute atomic E-state index is 13.6. The minimum absolute atomic E-state index is 0.00772. The van der Waals surface area contributed by atoms with Gasteiger partial charge in [-0.15, -0.1) is 0 Å². The predicted octanol–water partition coefficient (Wildman–Crippen LogP) is 7.81. The van der Waals surface area contributed by atoms with Crippen LogP contribution in [-0.2, 0) is 20.9 Å². The van der Waals surface area contributed by atoms with Gasteiger partial charge in [0.05, 0.1) is 11.4 Å². The van der Waals surface area contributed by atoms with Crippen molar-refractivity contribution in [1.29, 1.82) is 0 Å². The molecule has 0 spiro atoms. The molecule has 4 amide bonds. The molecule has 16 heteroatoms. The molecule has 4 aliphatic rings. The van der Waals surface area contributed by atoms with Gasteiger partial charge in [-0.3, -0.25) is 24.5 Å². The first-order chi connectivity index (χ1) is 34.3. The average Bonchev–Trinajstić information content (AvgIpc) is 3.94. The van der Waals surface area contributed by atoms with E-state index in [2.05, 4.69) is 30.4 Å². The summed E-state index contributed by atoms with van der Waals surface area (Å²) in [5.74, 6) is 1.31. The Bertz CT molecular complexity index is 2580. The number of aromatic nitrogens is 4. The zero-order valence-corrected chi connectivity index (χ0v) is 40.5. The second-order valence-electron chi connectivity index (χ2n) is 19.5. The van der Waals surface area contributed by atoms with E-state index in [4.69, 9.17) is 15.6 Å². The first-order valence-electron chi connectivity index (χ1n) is 25.8. The number of benzene rings is 3. The van der Waals surface area contributed by atoms with Crippen molar-refractivity contribution in [3.8, 4) is 22.8 Å². The van der Waals surface area contributed by atoms with Crippen LogP contribution in [0, 0.1) is 0 Å². The van der Waals surface area contributed by atoms with Crippen LogP contribution < -0.4 is 21.1 Å². The first-order valence-corrected chi connectivity index (χ1v) is 25.8. The SMILES string of the molecule is Nc1ncnc2c1c(-c1ccc(Oc3ccccc3)cc1)nn2C1CCCN(C(=O)CCCN2CCN(CCCCCCCCCCCNc3cccc4c3CN(C3CCC(=O)NC3=O)C4=O)CC2)C1. The summed E-state index contributed by atoms with van der Waals surface area (Å²) in [4.78, 5) is 68.5. The number of imide groups is 1. The lowest BCUT2D eigenvalue weighted by Gasteiger charge is -2.35. The van der Waals surface area contributed by atoms with Crippen molar-refractivity contribution in [3.05, 3.63) is 90.3 Å². The number of rotatable bonds is 22. The summed E-state index contributed by atoms with van der Waals surface area (Å²) in [5.41, 5.74) is 11.3. The molecule has 6 heterocycles. The Kier molecular flexibility index (Phi) is 16.3. The van der Waals surface area contributed by atoms with Crippen molar-refractivity contribution < 1.29 is 23.9 Å². The van der Waals surface area contributed by atoms with Gasteiger partial charge < -0.3 is 35.4 Å². The molecule has 3 aromatic carbocycles. The molecule has 2 atom stereocenters. The van der Waals surface area contributed by atoms with Crippen molar-refractivity contribution in [2.45, 2.75) is 115 Å². The molecular weight excluding hydrogens is 883 g/mol. The van der Waals surface area contributed by atoms with E-state index in [9.17, 15) is 19.2 Å². The molecule has 16 nitrogen and oxygen atoms in total. The smallest absolute Gasteiger partial charge is 0.255 e. The predicted molar refractivity (Wildman–Crippen MR) is 271 cm³/mol. The zero-order valence-electron chi connectivity index (χ0n) is 40.5. The molecule has 3 saturated heterocycles. The van der Waals surface area contributed by atoms with Gasteiger partial charge >= 0.3 is 0 Å². The van der Waals surface area contributed by atoms with E-state index in [0.29, 0.717) is 43.0 Å².